The lowest BCUT2D eigenvalue weighted by Gasteiger charge is -2.57. The van der Waals surface area contributed by atoms with E-state index in [9.17, 15) is 53.2 Å². The number of aromatic nitrogens is 6. The number of nitrogens with zero attached hydrogens (tertiary/aromatic N) is 6. The number of aliphatic hydroxyl groups is 4. The van der Waals surface area contributed by atoms with Crippen molar-refractivity contribution in [2.24, 2.45) is 205 Å². The molecule has 21 aliphatic rings. The molecule has 25 rings (SSSR count). The smallest absolute Gasteiger partial charge is 0.159 e. The summed E-state index contributed by atoms with van der Waals surface area (Å²) in [7, 11) is 6.78. The lowest BCUT2D eigenvalue weighted by Crippen LogP contribution is -2.52. The number of ketones is 5. The Kier molecular flexibility index (Phi) is 30.0. The molecule has 1 spiro atoms. The molecule has 0 radical (unpaired) electrons. The van der Waals surface area contributed by atoms with E-state index < -0.39 is 22.4 Å². The minimum Gasteiger partial charge on any atom is -0.387 e. The number of fused-ring (bicyclic) bond motifs is 27. The van der Waals surface area contributed by atoms with Crippen molar-refractivity contribution in [3.63, 3.8) is 0 Å². The molecule has 4 N–H and O–H groups in total. The van der Waals surface area contributed by atoms with E-state index in [-0.39, 0.29) is 75.7 Å². The van der Waals surface area contributed by atoms with E-state index in [0.29, 0.717) is 153 Å². The number of ether oxygens (including phenoxy) is 5. The monoisotopic (exact) mass is 2060 g/mol. The molecule has 0 bridgehead atoms. The average Bonchev–Trinajstić information content (AvgIpc) is 1.56. The Morgan fingerprint density at radius 1 is 0.354 bits per heavy atom. The maximum Gasteiger partial charge on any atom is 0.159 e. The summed E-state index contributed by atoms with van der Waals surface area (Å²) >= 11 is 3.42. The highest BCUT2D eigenvalue weighted by Gasteiger charge is 2.67. The van der Waals surface area contributed by atoms with E-state index >= 15 is 0 Å². The van der Waals surface area contributed by atoms with Crippen molar-refractivity contribution in [3.8, 4) is 0 Å². The van der Waals surface area contributed by atoms with Crippen molar-refractivity contribution in [3.05, 3.63) is 48.0 Å². The Morgan fingerprint density at radius 3 is 0.993 bits per heavy atom. The number of Topliss-reactive ketones (excluding diaryl/α,β-unsaturated/α-hetero) is 5. The molecular weight excluding hydrogens is 1880 g/mol. The number of carbonyl (C=O) groups is 5. The lowest BCUT2D eigenvalue weighted by atomic mass is 9.49. The molecule has 1 saturated heterocycles. The zero-order valence-corrected chi connectivity index (χ0v) is 91.0. The van der Waals surface area contributed by atoms with Gasteiger partial charge in [0.1, 0.15) is 58.6 Å². The van der Waals surface area contributed by atoms with Gasteiger partial charge in [0.05, 0.1) is 71.9 Å². The number of halogens is 3. The first kappa shape index (κ1) is 105. The maximum absolute atomic E-state index is 13.8. The molecule has 40 atom stereocenters. The number of methoxy groups -OCH3 is 4. The summed E-state index contributed by atoms with van der Waals surface area (Å²) in [5.74, 6) is 21.3. The number of carbonyl (C=O) groups excluding carboxylic acids is 5. The van der Waals surface area contributed by atoms with Crippen LogP contribution in [0.25, 0.3) is 22.1 Å². The average molecular weight is 2060 g/mol. The Bertz CT molecular complexity index is 5280. The number of alkyl halides is 1. The van der Waals surface area contributed by atoms with Gasteiger partial charge in [0.25, 0.3) is 0 Å². The van der Waals surface area contributed by atoms with Gasteiger partial charge >= 0.3 is 0 Å². The van der Waals surface area contributed by atoms with E-state index in [1.54, 1.807) is 45.3 Å². The molecule has 20 nitrogen and oxygen atoms in total. The van der Waals surface area contributed by atoms with Crippen LogP contribution in [0.1, 0.15) is 337 Å². The first-order valence-corrected chi connectivity index (χ1v) is 59.7. The van der Waals surface area contributed by atoms with Crippen LogP contribution < -0.4 is 0 Å². The second-order valence-electron chi connectivity index (χ2n) is 54.9. The highest BCUT2D eigenvalue weighted by Crippen LogP contribution is 2.72. The summed E-state index contributed by atoms with van der Waals surface area (Å²) in [4.78, 5) is 65.4. The summed E-state index contributed by atoms with van der Waals surface area (Å²) in [6, 6.07) is 8.78. The van der Waals surface area contributed by atoms with Crippen LogP contribution in [-0.2, 0) is 60.7 Å². The summed E-state index contributed by atoms with van der Waals surface area (Å²) in [6.45, 7) is 19.0. The highest BCUT2D eigenvalue weighted by atomic mass is 79.9. The van der Waals surface area contributed by atoms with E-state index in [4.69, 9.17) is 23.7 Å². The topological polar surface area (TPSA) is 277 Å². The van der Waals surface area contributed by atoms with Crippen molar-refractivity contribution in [2.45, 2.75) is 378 Å². The van der Waals surface area contributed by atoms with E-state index in [0.717, 1.165) is 211 Å². The molecule has 20 saturated carbocycles. The molecule has 2 unspecified atom stereocenters. The molecule has 21 fully saturated rings. The quantitative estimate of drug-likeness (QED) is 0.0532. The fourth-order valence-electron chi connectivity index (χ4n) is 42.3. The molecule has 0 amide bonds. The predicted octanol–water partition coefficient (Wildman–Crippen LogP) is 23.0. The molecule has 2 aromatic carbocycles. The summed E-state index contributed by atoms with van der Waals surface area (Å²) in [5, 5.41) is 61.2. The van der Waals surface area contributed by atoms with Crippen LogP contribution in [0.4, 0.5) is 8.78 Å². The van der Waals surface area contributed by atoms with Crippen molar-refractivity contribution in [1.82, 2.24) is 30.0 Å². The fraction of sp³-hybridized carbons (Fsp3) is 0.860. The van der Waals surface area contributed by atoms with Gasteiger partial charge in [-0.1, -0.05) is 55.8 Å². The lowest BCUT2D eigenvalue weighted by molar-refractivity contribution is -0.137. The Hall–Kier alpha value is -4.43. The van der Waals surface area contributed by atoms with Gasteiger partial charge in [0.15, 0.2) is 11.6 Å². The van der Waals surface area contributed by atoms with Crippen molar-refractivity contribution < 1.29 is 76.9 Å². The van der Waals surface area contributed by atoms with Crippen LogP contribution in [0.5, 0.6) is 0 Å². The van der Waals surface area contributed by atoms with Crippen molar-refractivity contribution in [2.75, 3.05) is 66.8 Å². The molecule has 23 heteroatoms. The zero-order chi connectivity index (χ0) is 101. The molecular formula is C121H179BrF2N6O14. The molecule has 4 aromatic rings. The normalized spacial score (nSPS) is 47.2. The molecule has 798 valence electrons. The molecule has 3 heterocycles. The Morgan fingerprint density at radius 2 is 0.653 bits per heavy atom. The van der Waals surface area contributed by atoms with Crippen molar-refractivity contribution in [1.29, 1.82) is 0 Å². The number of rotatable bonds is 18. The van der Waals surface area contributed by atoms with Gasteiger partial charge < -0.3 is 44.1 Å². The van der Waals surface area contributed by atoms with Crippen LogP contribution in [0.15, 0.2) is 36.4 Å². The molecule has 144 heavy (non-hydrogen) atoms. The minimum absolute atomic E-state index is 0.0390. The van der Waals surface area contributed by atoms with E-state index in [1.807, 2.05) is 13.8 Å². The Balaban J connectivity index is 0.000000107. The maximum atomic E-state index is 13.8. The van der Waals surface area contributed by atoms with Crippen LogP contribution >= 0.6 is 15.9 Å². The predicted molar refractivity (Wildman–Crippen MR) is 554 cm³/mol. The van der Waals surface area contributed by atoms with Gasteiger partial charge in [-0.25, -0.2) is 13.5 Å². The van der Waals surface area contributed by atoms with Crippen LogP contribution in [0.2, 0.25) is 0 Å². The number of hydrogen-bond donors (Lipinski definition) is 4. The number of benzene rings is 2. The highest BCUT2D eigenvalue weighted by molar-refractivity contribution is 9.09. The third-order valence-corrected chi connectivity index (χ3v) is 49.0. The second kappa shape index (κ2) is 41.1. The first-order chi connectivity index (χ1) is 68.9. The SMILES string of the molecule is CC(=O)[C@H]1CC[C@H]2[C@@H]3CC[C@H]4CC5(CC[C@@H]4[C@H]3CC[C@]12C)CO5.COCC1(O)CC[C@H]2[C@@H](CC[C@@H]3[C@@H]2CC[C@]2(C)[C@@H](C(C)=O)CC[C@@H]32)C1.COC[C@@]1(O)CC[C@H]2[C@@H](CC[C@@H]3[C@@H]2CC[C@]2(C)[C@@H](C(=O)CBr)CC[C@@H]32)C1.COC[C@@]1(O)CC[C@H]2[C@@H](CC[C@@H]3[C@@H]2CC[C@]2(C)[C@@H](C(=O)Cn4nc5ccc(F)cc5n4)CC[C@@H]32)C1.COC[C@@]1(O)CC[C@H]2[C@@H](CC[C@@H]3[C@@H]2CC[C@]2(C)[C@@H](C(=O)Cn4nnc5ccc(F)cc54)CC[C@@H]32)C1. The largest absolute Gasteiger partial charge is 0.387 e. The summed E-state index contributed by atoms with van der Waals surface area (Å²) in [6.07, 6.45) is 52.5. The molecule has 2 aromatic heterocycles. The van der Waals surface area contributed by atoms with Gasteiger partial charge in [-0.05, 0) is 502 Å². The molecule has 20 aliphatic carbocycles. The van der Waals surface area contributed by atoms with E-state index in [2.05, 4.69) is 71.1 Å². The van der Waals surface area contributed by atoms with E-state index in [1.165, 1.54) is 202 Å². The molecule has 1 aliphatic heterocycles. The number of epoxide rings is 1. The second-order valence-corrected chi connectivity index (χ2v) is 55.4. The van der Waals surface area contributed by atoms with Gasteiger partial charge in [0, 0.05) is 70.2 Å². The minimum atomic E-state index is -0.648. The number of hydrogen-bond acceptors (Lipinski definition) is 18. The van der Waals surface area contributed by atoms with Gasteiger partial charge in [0.2, 0.25) is 0 Å². The third-order valence-electron chi connectivity index (χ3n) is 48.4. The summed E-state index contributed by atoms with van der Waals surface area (Å²) < 4.78 is 56.0. The Labute approximate surface area is 866 Å². The fourth-order valence-corrected chi connectivity index (χ4v) is 42.7. The van der Waals surface area contributed by atoms with Crippen LogP contribution in [0.3, 0.4) is 0 Å². The first-order valence-electron chi connectivity index (χ1n) is 58.6. The standard InChI is InChI=1S/2C28H38FN3O3.C22H35BrO3.C22H36O3.C21H32O2/c1-27-11-9-20-19-10-12-28(34,16-35-2)14-17(19)3-5-21(20)22(27)6-7-23(27)26(33)15-32-25-13-18(29)4-8-24(25)30-31-32;1-27-11-9-20-19-10-12-28(34,16-35-2)14-17(19)3-5-21(20)22(27)6-7-23(27)26(33)15-32-30-24-8-4-18(29)13-25(24)31-32;1-21-9-7-16-15-8-10-22(25,13-26-2)11-14(15)3-4-17(16)18(21)5-6-19(21)20(24)12-23;1-14(23)19-6-7-20-18-5-4-15-12-22(24,13-25-3)11-9-16(15)17(18)8-10-21(19,20)2;1-13(22)18-5-6-19-17-4-3-14-11-21(12-23-21)10-8-15(14)16(17)7-9-20(18,19)2/h2*4,8,13,17,19-23,34H,3,5-7,9-12,14-16H2,1-2H3;14-19,25H,3-13H2,1-2H3;15-20,24H,4-13H2,1-3H3;14-19H,3-12H2,1-2H3/t2*17-,19-,20+,21+,22-,23+,27-,28+;14-,15-,16+,17+,18-,19+,21-,22+;15-,16-,17+,18+,19+,20-,21+,22?;14-,15-,16+,17+,18+,19-,20+,21?/m00000/s1. The van der Waals surface area contributed by atoms with Crippen LogP contribution in [-0.4, -0.2) is 174 Å². The van der Waals surface area contributed by atoms with Crippen LogP contribution in [0, 0.1) is 216 Å². The van der Waals surface area contributed by atoms with Gasteiger partial charge in [-0.2, -0.15) is 15.0 Å². The van der Waals surface area contributed by atoms with Gasteiger partial charge in [-0.15, -0.1) is 5.10 Å². The summed E-state index contributed by atoms with van der Waals surface area (Å²) in [5.41, 5.74) is 1.13. The van der Waals surface area contributed by atoms with Gasteiger partial charge in [-0.3, -0.25) is 24.0 Å². The third kappa shape index (κ3) is 19.3. The zero-order valence-electron chi connectivity index (χ0n) is 89.4. The van der Waals surface area contributed by atoms with Crippen molar-refractivity contribution >= 4 is 66.9 Å².